The fourth-order valence-electron chi connectivity index (χ4n) is 5.27. The van der Waals surface area contributed by atoms with E-state index in [1.165, 1.54) is 0 Å². The molecule has 0 heterocycles. The van der Waals surface area contributed by atoms with Gasteiger partial charge in [-0.2, -0.15) is 0 Å². The molecule has 0 radical (unpaired) electrons. The fourth-order valence-corrected chi connectivity index (χ4v) is 6.35. The summed E-state index contributed by atoms with van der Waals surface area (Å²) in [7, 11) is 4.71. The Kier molecular flexibility index (Phi) is 13.4. The molecule has 2 rings (SSSR count). The summed E-state index contributed by atoms with van der Waals surface area (Å²) in [6.45, 7) is 12.0. The van der Waals surface area contributed by atoms with Crippen molar-refractivity contribution in [2.75, 3.05) is 35.0 Å². The molecule has 0 amide bonds. The van der Waals surface area contributed by atoms with Gasteiger partial charge in [-0.3, -0.25) is 4.79 Å². The highest BCUT2D eigenvalue weighted by molar-refractivity contribution is 6.74. The Labute approximate surface area is 248 Å². The van der Waals surface area contributed by atoms with Crippen molar-refractivity contribution >= 4 is 14.3 Å². The number of methoxy groups -OCH3 is 4. The number of hydrogen-bond acceptors (Lipinski definition) is 6. The first-order chi connectivity index (χ1) is 19.4. The van der Waals surface area contributed by atoms with E-state index in [1.54, 1.807) is 28.4 Å². The van der Waals surface area contributed by atoms with E-state index in [-0.39, 0.29) is 11.0 Å². The van der Waals surface area contributed by atoms with Gasteiger partial charge in [-0.05, 0) is 61.5 Å². The van der Waals surface area contributed by atoms with Gasteiger partial charge in [0.05, 0.1) is 25.7 Å². The fraction of sp³-hybridized carbons (Fsp3) is 0.606. The van der Waals surface area contributed by atoms with Crippen molar-refractivity contribution in [3.05, 3.63) is 59.7 Å². The van der Waals surface area contributed by atoms with E-state index < -0.39 is 26.0 Å². The molecule has 41 heavy (non-hydrogen) atoms. The van der Waals surface area contributed by atoms with Gasteiger partial charge in [0.15, 0.2) is 19.8 Å². The van der Waals surface area contributed by atoms with Crippen molar-refractivity contribution in [3.63, 3.8) is 0 Å². The number of carbonyl (C=O) groups is 1. The molecule has 0 spiro atoms. The number of rotatable bonds is 18. The molecule has 2 atom stereocenters. The molecule has 0 bridgehead atoms. The molecular weight excluding hydrogens is 536 g/mol. The lowest BCUT2D eigenvalue weighted by atomic mass is 9.81. The van der Waals surface area contributed by atoms with Gasteiger partial charge in [0.1, 0.15) is 0 Å². The van der Waals surface area contributed by atoms with Gasteiger partial charge in [0.2, 0.25) is 5.79 Å². The van der Waals surface area contributed by atoms with E-state index in [2.05, 4.69) is 33.9 Å². The number of benzene rings is 2. The molecule has 2 unspecified atom stereocenters. The zero-order valence-electron chi connectivity index (χ0n) is 26.6. The second-order valence-corrected chi connectivity index (χ2v) is 17.0. The van der Waals surface area contributed by atoms with E-state index >= 15 is 0 Å². The third kappa shape index (κ3) is 8.80. The van der Waals surface area contributed by atoms with Crippen LogP contribution in [0.25, 0.3) is 0 Å². The van der Waals surface area contributed by atoms with Gasteiger partial charge >= 0.3 is 5.97 Å². The summed E-state index contributed by atoms with van der Waals surface area (Å²) < 4.78 is 30.3. The van der Waals surface area contributed by atoms with Crippen molar-refractivity contribution in [1.82, 2.24) is 0 Å². The Morgan fingerprint density at radius 1 is 0.829 bits per heavy atom. The highest BCUT2D eigenvalue weighted by Gasteiger charge is 2.44. The Hall–Kier alpha value is -2.39. The van der Waals surface area contributed by atoms with Crippen LogP contribution in [-0.2, 0) is 24.5 Å². The predicted octanol–water partition coefficient (Wildman–Crippen LogP) is 8.00. The molecule has 0 saturated carbocycles. The third-order valence-corrected chi connectivity index (χ3v) is 13.2. The molecular formula is C33H52O7Si. The SMILES string of the molecule is COc1cccc(C(OC)(OC)C(CCCCO[Si](C)(C)C(C)(C)C)CCCC(C(=O)O)c2ccccc2)c1OC. The lowest BCUT2D eigenvalue weighted by Crippen LogP contribution is -2.41. The smallest absolute Gasteiger partial charge is 0.310 e. The first-order valence-electron chi connectivity index (χ1n) is 14.6. The Balaban J connectivity index is 2.32. The van der Waals surface area contributed by atoms with Gasteiger partial charge in [-0.15, -0.1) is 0 Å². The number of ether oxygens (including phenoxy) is 4. The van der Waals surface area contributed by atoms with Gasteiger partial charge in [0.25, 0.3) is 0 Å². The number of carboxylic acids is 1. The first kappa shape index (κ1) is 34.8. The molecule has 1 N–H and O–H groups in total. The van der Waals surface area contributed by atoms with E-state index in [9.17, 15) is 9.90 Å². The second-order valence-electron chi connectivity index (χ2n) is 12.2. The van der Waals surface area contributed by atoms with Crippen LogP contribution in [0.3, 0.4) is 0 Å². The molecule has 0 fully saturated rings. The summed E-state index contributed by atoms with van der Waals surface area (Å²) in [5.74, 6) is -1.39. The molecule has 0 aromatic heterocycles. The molecule has 0 aliphatic rings. The molecule has 7 nitrogen and oxygen atoms in total. The van der Waals surface area contributed by atoms with Gasteiger partial charge < -0.3 is 28.5 Å². The van der Waals surface area contributed by atoms with E-state index in [4.69, 9.17) is 23.4 Å². The first-order valence-corrected chi connectivity index (χ1v) is 17.5. The summed E-state index contributed by atoms with van der Waals surface area (Å²) in [6.07, 6.45) is 4.57. The van der Waals surface area contributed by atoms with E-state index in [0.717, 1.165) is 30.4 Å². The average Bonchev–Trinajstić information content (AvgIpc) is 2.94. The highest BCUT2D eigenvalue weighted by Crippen LogP contribution is 2.47. The lowest BCUT2D eigenvalue weighted by Gasteiger charge is -2.40. The van der Waals surface area contributed by atoms with Crippen molar-refractivity contribution in [3.8, 4) is 11.5 Å². The largest absolute Gasteiger partial charge is 0.493 e. The van der Waals surface area contributed by atoms with Crippen LogP contribution in [0, 0.1) is 5.92 Å². The normalized spacial score (nSPS) is 14.0. The quantitative estimate of drug-likeness (QED) is 0.107. The monoisotopic (exact) mass is 588 g/mol. The number of hydrogen-bond donors (Lipinski definition) is 1. The van der Waals surface area contributed by atoms with Crippen molar-refractivity contribution < 1.29 is 33.3 Å². The lowest BCUT2D eigenvalue weighted by molar-refractivity contribution is -0.254. The van der Waals surface area contributed by atoms with Gasteiger partial charge in [0, 0.05) is 26.7 Å². The minimum absolute atomic E-state index is 0.0726. The Bertz CT molecular complexity index is 1060. The summed E-state index contributed by atoms with van der Waals surface area (Å²) in [6, 6.07) is 15.1. The second kappa shape index (κ2) is 15.7. The average molecular weight is 589 g/mol. The van der Waals surface area contributed by atoms with Crippen LogP contribution >= 0.6 is 0 Å². The minimum Gasteiger partial charge on any atom is -0.493 e. The van der Waals surface area contributed by atoms with Gasteiger partial charge in [-0.1, -0.05) is 70.0 Å². The summed E-state index contributed by atoms with van der Waals surface area (Å²) in [5.41, 5.74) is 1.57. The molecule has 8 heteroatoms. The molecule has 230 valence electrons. The molecule has 2 aromatic carbocycles. The zero-order chi connectivity index (χ0) is 30.7. The van der Waals surface area contributed by atoms with Crippen LogP contribution < -0.4 is 9.47 Å². The maximum Gasteiger partial charge on any atom is 0.310 e. The predicted molar refractivity (Wildman–Crippen MR) is 166 cm³/mol. The number of carboxylic acid groups (broad SMARTS) is 1. The maximum atomic E-state index is 12.2. The third-order valence-electron chi connectivity index (χ3n) is 8.68. The van der Waals surface area contributed by atoms with Crippen LogP contribution in [0.15, 0.2) is 48.5 Å². The molecule has 0 aliphatic heterocycles. The maximum absolute atomic E-state index is 12.2. The van der Waals surface area contributed by atoms with Crippen LogP contribution in [0.1, 0.15) is 76.3 Å². The number of unbranched alkanes of at least 4 members (excludes halogenated alkanes) is 1. The van der Waals surface area contributed by atoms with Crippen LogP contribution in [0.5, 0.6) is 11.5 Å². The van der Waals surface area contributed by atoms with Crippen LogP contribution in [0.2, 0.25) is 18.1 Å². The van der Waals surface area contributed by atoms with Crippen molar-refractivity contribution in [2.45, 2.75) is 89.1 Å². The van der Waals surface area contributed by atoms with E-state index in [1.807, 2.05) is 48.5 Å². The van der Waals surface area contributed by atoms with Crippen LogP contribution in [-0.4, -0.2) is 54.4 Å². The summed E-state index contributed by atoms with van der Waals surface area (Å²) in [4.78, 5) is 12.2. The minimum atomic E-state index is -1.82. The highest BCUT2D eigenvalue weighted by atomic mass is 28.4. The zero-order valence-corrected chi connectivity index (χ0v) is 27.6. The van der Waals surface area contributed by atoms with Crippen LogP contribution in [0.4, 0.5) is 0 Å². The molecule has 2 aromatic rings. The Morgan fingerprint density at radius 2 is 1.46 bits per heavy atom. The van der Waals surface area contributed by atoms with Crippen molar-refractivity contribution in [2.24, 2.45) is 5.92 Å². The number of aliphatic carboxylic acids is 1. The topological polar surface area (TPSA) is 83.5 Å². The molecule has 0 saturated heterocycles. The Morgan fingerprint density at radius 3 is 2.00 bits per heavy atom. The molecule has 0 aliphatic carbocycles. The summed E-state index contributed by atoms with van der Waals surface area (Å²) in [5, 5.41) is 10.1. The summed E-state index contributed by atoms with van der Waals surface area (Å²) >= 11 is 0. The van der Waals surface area contributed by atoms with E-state index in [0.29, 0.717) is 37.4 Å². The standard InChI is InChI=1S/C33H52O7Si/c1-32(2,3)41(8,9)40-24-14-13-19-26(20-15-21-27(31(34)35)25-17-11-10-12-18-25)33(38-6,39-7)28-22-16-23-29(36-4)30(28)37-5/h10-12,16-18,22-23,26-27H,13-15,19-21,24H2,1-9H3,(H,34,35). The van der Waals surface area contributed by atoms with Gasteiger partial charge in [-0.25, -0.2) is 0 Å². The number of para-hydroxylation sites is 1. The van der Waals surface area contributed by atoms with Crippen molar-refractivity contribution in [1.29, 1.82) is 0 Å².